The van der Waals surface area contributed by atoms with Gasteiger partial charge in [0.15, 0.2) is 0 Å². The monoisotopic (exact) mass is 172 g/mol. The van der Waals surface area contributed by atoms with Gasteiger partial charge in [0, 0.05) is 4.88 Å². The van der Waals surface area contributed by atoms with Crippen molar-refractivity contribution >= 4 is 17.5 Å². The molecule has 0 unspecified atom stereocenters. The number of aromatic nitrogens is 2. The predicted molar refractivity (Wildman–Crippen MR) is 40.4 cm³/mol. The quantitative estimate of drug-likeness (QED) is 0.612. The van der Waals surface area contributed by atoms with Crippen LogP contribution < -0.4 is 0 Å². The number of hydrogen-bond acceptors (Lipinski definition) is 5. The molecule has 1 aromatic heterocycles. The minimum absolute atomic E-state index is 0.221. The number of carbonyl (C=O) groups excluding carboxylic acids is 1. The van der Waals surface area contributed by atoms with Gasteiger partial charge in [0.1, 0.15) is 0 Å². The van der Waals surface area contributed by atoms with Gasteiger partial charge in [0.25, 0.3) is 0 Å². The van der Waals surface area contributed by atoms with Crippen LogP contribution in [-0.2, 0) is 16.0 Å². The molecular formula is C6H8N2O2S. The summed E-state index contributed by atoms with van der Waals surface area (Å²) >= 11 is 1.29. The first-order valence-electron chi connectivity index (χ1n) is 3.08. The van der Waals surface area contributed by atoms with E-state index in [9.17, 15) is 4.79 Å². The summed E-state index contributed by atoms with van der Waals surface area (Å²) in [6.07, 6.45) is 0.221. The van der Waals surface area contributed by atoms with E-state index in [1.165, 1.54) is 18.6 Å². The molecule has 0 N–H and O–H groups in total. The third kappa shape index (κ3) is 1.98. The van der Waals surface area contributed by atoms with E-state index in [1.807, 2.05) is 6.92 Å². The first-order chi connectivity index (χ1) is 5.24. The zero-order valence-corrected chi connectivity index (χ0v) is 7.14. The van der Waals surface area contributed by atoms with Crippen LogP contribution in [0.1, 0.15) is 10.6 Å². The second-order valence-electron chi connectivity index (χ2n) is 2.03. The highest BCUT2D eigenvalue weighted by Crippen LogP contribution is 2.08. The minimum atomic E-state index is -0.277. The lowest BCUT2D eigenvalue weighted by atomic mass is 10.3. The summed E-state index contributed by atoms with van der Waals surface area (Å²) in [6, 6.07) is 0. The number of esters is 1. The molecule has 0 aliphatic carbocycles. The Morgan fingerprint density at radius 2 is 2.45 bits per heavy atom. The fourth-order valence-corrected chi connectivity index (χ4v) is 1.10. The van der Waals surface area contributed by atoms with Gasteiger partial charge < -0.3 is 4.74 Å². The topological polar surface area (TPSA) is 52.1 Å². The molecule has 0 atom stereocenters. The summed E-state index contributed by atoms with van der Waals surface area (Å²) in [6.45, 7) is 1.88. The van der Waals surface area contributed by atoms with Crippen molar-refractivity contribution in [1.82, 2.24) is 9.59 Å². The lowest BCUT2D eigenvalue weighted by Crippen LogP contribution is -2.05. The van der Waals surface area contributed by atoms with Crippen LogP contribution in [0, 0.1) is 6.92 Å². The molecule has 0 aliphatic rings. The maximum absolute atomic E-state index is 10.7. The van der Waals surface area contributed by atoms with Crippen molar-refractivity contribution < 1.29 is 9.53 Å². The van der Waals surface area contributed by atoms with E-state index in [4.69, 9.17) is 0 Å². The number of ether oxygens (including phenoxy) is 1. The Bertz CT molecular complexity index is 259. The second-order valence-corrected chi connectivity index (χ2v) is 2.99. The number of aryl methyl sites for hydroxylation is 1. The van der Waals surface area contributed by atoms with Gasteiger partial charge in [0.05, 0.1) is 19.2 Å². The maximum Gasteiger partial charge on any atom is 0.311 e. The Morgan fingerprint density at radius 1 is 1.73 bits per heavy atom. The first-order valence-corrected chi connectivity index (χ1v) is 3.86. The number of nitrogens with zero attached hydrogens (tertiary/aromatic N) is 2. The maximum atomic E-state index is 10.7. The molecule has 0 amide bonds. The van der Waals surface area contributed by atoms with Gasteiger partial charge in [-0.2, -0.15) is 0 Å². The molecule has 0 spiro atoms. The molecule has 1 rings (SSSR count). The van der Waals surface area contributed by atoms with Crippen molar-refractivity contribution in [2.45, 2.75) is 13.3 Å². The summed E-state index contributed by atoms with van der Waals surface area (Å²) in [5, 5.41) is 3.77. The zero-order chi connectivity index (χ0) is 8.27. The fourth-order valence-electron chi connectivity index (χ4n) is 0.623. The Balaban J connectivity index is 2.64. The number of hydrogen-bond donors (Lipinski definition) is 0. The normalized spacial score (nSPS) is 9.64. The molecule has 0 aromatic carbocycles. The van der Waals surface area contributed by atoms with E-state index in [0.29, 0.717) is 5.69 Å². The van der Waals surface area contributed by atoms with Crippen LogP contribution in [0.25, 0.3) is 0 Å². The Hall–Kier alpha value is -0.970. The van der Waals surface area contributed by atoms with Gasteiger partial charge in [-0.3, -0.25) is 4.79 Å². The molecule has 60 valence electrons. The summed E-state index contributed by atoms with van der Waals surface area (Å²) in [5.41, 5.74) is 0.710. The number of rotatable bonds is 2. The highest BCUT2D eigenvalue weighted by Gasteiger charge is 2.08. The Morgan fingerprint density at radius 3 is 2.91 bits per heavy atom. The van der Waals surface area contributed by atoms with Crippen LogP contribution in [0.15, 0.2) is 0 Å². The third-order valence-corrected chi connectivity index (χ3v) is 1.96. The molecule has 0 saturated carbocycles. The molecule has 0 fully saturated rings. The van der Waals surface area contributed by atoms with E-state index in [0.717, 1.165) is 4.88 Å². The minimum Gasteiger partial charge on any atom is -0.469 e. The summed E-state index contributed by atoms with van der Waals surface area (Å²) in [5.74, 6) is -0.277. The van der Waals surface area contributed by atoms with E-state index in [1.54, 1.807) is 0 Å². The van der Waals surface area contributed by atoms with Crippen molar-refractivity contribution in [3.05, 3.63) is 10.6 Å². The third-order valence-electron chi connectivity index (χ3n) is 1.29. The van der Waals surface area contributed by atoms with Crippen LogP contribution in [-0.4, -0.2) is 22.7 Å². The van der Waals surface area contributed by atoms with Crippen molar-refractivity contribution in [2.24, 2.45) is 0 Å². The largest absolute Gasteiger partial charge is 0.469 e. The van der Waals surface area contributed by atoms with E-state index in [-0.39, 0.29) is 12.4 Å². The summed E-state index contributed by atoms with van der Waals surface area (Å²) in [7, 11) is 1.36. The molecular weight excluding hydrogens is 164 g/mol. The number of carbonyl (C=O) groups is 1. The average molecular weight is 172 g/mol. The lowest BCUT2D eigenvalue weighted by Gasteiger charge is -1.94. The average Bonchev–Trinajstić information content (AvgIpc) is 2.37. The van der Waals surface area contributed by atoms with E-state index < -0.39 is 0 Å². The van der Waals surface area contributed by atoms with E-state index >= 15 is 0 Å². The molecule has 1 heterocycles. The molecule has 11 heavy (non-hydrogen) atoms. The summed E-state index contributed by atoms with van der Waals surface area (Å²) in [4.78, 5) is 11.7. The lowest BCUT2D eigenvalue weighted by molar-refractivity contribution is -0.139. The Kier molecular flexibility index (Phi) is 2.53. The van der Waals surface area contributed by atoms with Gasteiger partial charge >= 0.3 is 5.97 Å². The van der Waals surface area contributed by atoms with Crippen LogP contribution in [0.2, 0.25) is 0 Å². The summed E-state index contributed by atoms with van der Waals surface area (Å²) < 4.78 is 8.17. The smallest absolute Gasteiger partial charge is 0.311 e. The Labute approximate surface area is 68.4 Å². The van der Waals surface area contributed by atoms with Gasteiger partial charge in [-0.05, 0) is 18.5 Å². The van der Waals surface area contributed by atoms with Crippen LogP contribution in [0.4, 0.5) is 0 Å². The van der Waals surface area contributed by atoms with Crippen LogP contribution in [0.3, 0.4) is 0 Å². The van der Waals surface area contributed by atoms with E-state index in [2.05, 4.69) is 14.3 Å². The highest BCUT2D eigenvalue weighted by atomic mass is 32.1. The van der Waals surface area contributed by atoms with Crippen LogP contribution >= 0.6 is 11.5 Å². The van der Waals surface area contributed by atoms with Crippen molar-refractivity contribution in [3.63, 3.8) is 0 Å². The molecule has 5 heteroatoms. The van der Waals surface area contributed by atoms with Crippen molar-refractivity contribution in [3.8, 4) is 0 Å². The van der Waals surface area contributed by atoms with Gasteiger partial charge in [-0.15, -0.1) is 5.10 Å². The van der Waals surface area contributed by atoms with Crippen molar-refractivity contribution in [1.29, 1.82) is 0 Å². The molecule has 0 aliphatic heterocycles. The number of methoxy groups -OCH3 is 1. The highest BCUT2D eigenvalue weighted by molar-refractivity contribution is 7.05. The first kappa shape index (κ1) is 8.13. The fraction of sp³-hybridized carbons (Fsp3) is 0.500. The zero-order valence-electron chi connectivity index (χ0n) is 6.33. The van der Waals surface area contributed by atoms with Crippen LogP contribution in [0.5, 0.6) is 0 Å². The van der Waals surface area contributed by atoms with Gasteiger partial charge in [-0.25, -0.2) is 0 Å². The molecule has 0 saturated heterocycles. The van der Waals surface area contributed by atoms with Crippen molar-refractivity contribution in [2.75, 3.05) is 7.11 Å². The van der Waals surface area contributed by atoms with Gasteiger partial charge in [-0.1, -0.05) is 4.49 Å². The standard InChI is InChI=1S/C6H8N2O2S/c1-4-5(7-8-11-4)3-6(9)10-2/h3H2,1-2H3. The predicted octanol–water partition coefficient (Wildman–Crippen LogP) is 0.562. The molecule has 4 nitrogen and oxygen atoms in total. The van der Waals surface area contributed by atoms with Gasteiger partial charge in [0.2, 0.25) is 0 Å². The molecule has 1 aromatic rings. The SMILES string of the molecule is COC(=O)Cc1nnsc1C. The molecule has 0 radical (unpaired) electrons. The molecule has 0 bridgehead atoms. The second kappa shape index (κ2) is 3.43.